The summed E-state index contributed by atoms with van der Waals surface area (Å²) in [5.41, 5.74) is 0. The number of rotatable bonds is 8. The van der Waals surface area contributed by atoms with E-state index in [1.54, 1.807) is 17.9 Å². The van der Waals surface area contributed by atoms with Gasteiger partial charge in [-0.25, -0.2) is 0 Å². The number of benzene rings is 1. The van der Waals surface area contributed by atoms with Crippen molar-refractivity contribution in [2.24, 2.45) is 0 Å². The van der Waals surface area contributed by atoms with Crippen molar-refractivity contribution in [3.63, 3.8) is 0 Å². The van der Waals surface area contributed by atoms with E-state index in [1.165, 1.54) is 4.90 Å². The van der Waals surface area contributed by atoms with Crippen molar-refractivity contribution in [1.82, 2.24) is 0 Å². The van der Waals surface area contributed by atoms with Crippen molar-refractivity contribution in [3.05, 3.63) is 30.3 Å². The molecule has 0 aliphatic rings. The van der Waals surface area contributed by atoms with E-state index in [4.69, 9.17) is 9.47 Å². The van der Waals surface area contributed by atoms with Gasteiger partial charge in [0.05, 0.1) is 19.8 Å². The molecule has 1 aromatic rings. The molecule has 2 nitrogen and oxygen atoms in total. The van der Waals surface area contributed by atoms with E-state index < -0.39 is 0 Å². The highest BCUT2D eigenvalue weighted by Crippen LogP contribution is 2.29. The SMILES string of the molecule is COCCOCCSSc1ccccc1. The predicted octanol–water partition coefficient (Wildman–Crippen LogP) is 3.09. The fourth-order valence-electron chi connectivity index (χ4n) is 0.923. The Balaban J connectivity index is 1.93. The first kappa shape index (κ1) is 12.9. The van der Waals surface area contributed by atoms with Crippen LogP contribution in [0.1, 0.15) is 0 Å². The summed E-state index contributed by atoms with van der Waals surface area (Å²) < 4.78 is 10.2. The van der Waals surface area contributed by atoms with Gasteiger partial charge >= 0.3 is 0 Å². The molecule has 0 saturated heterocycles. The molecule has 0 aliphatic carbocycles. The highest BCUT2D eigenvalue weighted by atomic mass is 33.1. The van der Waals surface area contributed by atoms with Gasteiger partial charge in [-0.15, -0.1) is 0 Å². The predicted molar refractivity (Wildman–Crippen MR) is 67.5 cm³/mol. The second-order valence-electron chi connectivity index (χ2n) is 2.82. The van der Waals surface area contributed by atoms with Crippen LogP contribution in [0.5, 0.6) is 0 Å². The summed E-state index contributed by atoms with van der Waals surface area (Å²) in [6.45, 7) is 2.15. The first-order chi connectivity index (χ1) is 7.43. The highest BCUT2D eigenvalue weighted by molar-refractivity contribution is 8.76. The molecule has 84 valence electrons. The average molecular weight is 244 g/mol. The number of hydrogen-bond acceptors (Lipinski definition) is 4. The lowest BCUT2D eigenvalue weighted by Gasteiger charge is -2.03. The van der Waals surface area contributed by atoms with E-state index in [0.29, 0.717) is 13.2 Å². The Hall–Kier alpha value is -0.160. The molecule has 0 N–H and O–H groups in total. The Bertz CT molecular complexity index is 242. The summed E-state index contributed by atoms with van der Waals surface area (Å²) in [6, 6.07) is 10.4. The van der Waals surface area contributed by atoms with Crippen molar-refractivity contribution >= 4 is 21.6 Å². The molecule has 0 atom stereocenters. The van der Waals surface area contributed by atoms with Gasteiger partial charge in [0, 0.05) is 17.8 Å². The third kappa shape index (κ3) is 6.84. The van der Waals surface area contributed by atoms with Gasteiger partial charge < -0.3 is 9.47 Å². The van der Waals surface area contributed by atoms with Gasteiger partial charge in [0.15, 0.2) is 0 Å². The Morgan fingerprint density at radius 1 is 1.07 bits per heavy atom. The van der Waals surface area contributed by atoms with Gasteiger partial charge in [-0.2, -0.15) is 0 Å². The van der Waals surface area contributed by atoms with Crippen molar-refractivity contribution < 1.29 is 9.47 Å². The van der Waals surface area contributed by atoms with Crippen molar-refractivity contribution in [2.45, 2.75) is 4.90 Å². The first-order valence-corrected chi connectivity index (χ1v) is 7.16. The lowest BCUT2D eigenvalue weighted by atomic mass is 10.4. The van der Waals surface area contributed by atoms with Crippen LogP contribution >= 0.6 is 21.6 Å². The molecular weight excluding hydrogens is 228 g/mol. The molecule has 1 aromatic carbocycles. The van der Waals surface area contributed by atoms with Gasteiger partial charge in [-0.1, -0.05) is 39.8 Å². The molecule has 0 bridgehead atoms. The quantitative estimate of drug-likeness (QED) is 0.516. The van der Waals surface area contributed by atoms with Crippen LogP contribution in [0.4, 0.5) is 0 Å². The van der Waals surface area contributed by atoms with Gasteiger partial charge in [-0.05, 0) is 12.1 Å². The fraction of sp³-hybridized carbons (Fsp3) is 0.455. The molecule has 0 radical (unpaired) electrons. The highest BCUT2D eigenvalue weighted by Gasteiger charge is 1.93. The van der Waals surface area contributed by atoms with Gasteiger partial charge in [0.25, 0.3) is 0 Å². The largest absolute Gasteiger partial charge is 0.382 e. The maximum Gasteiger partial charge on any atom is 0.0700 e. The van der Waals surface area contributed by atoms with Crippen molar-refractivity contribution in [3.8, 4) is 0 Å². The van der Waals surface area contributed by atoms with Crippen LogP contribution in [0, 0.1) is 0 Å². The second kappa shape index (κ2) is 9.09. The minimum Gasteiger partial charge on any atom is -0.382 e. The lowest BCUT2D eigenvalue weighted by molar-refractivity contribution is 0.0791. The molecule has 0 amide bonds. The average Bonchev–Trinajstić information content (AvgIpc) is 2.29. The Kier molecular flexibility index (Phi) is 7.83. The summed E-state index contributed by atoms with van der Waals surface area (Å²) >= 11 is 0. The molecule has 0 saturated carbocycles. The molecule has 15 heavy (non-hydrogen) atoms. The molecule has 0 fully saturated rings. The van der Waals surface area contributed by atoms with Crippen LogP contribution < -0.4 is 0 Å². The van der Waals surface area contributed by atoms with Gasteiger partial charge in [-0.3, -0.25) is 0 Å². The van der Waals surface area contributed by atoms with Gasteiger partial charge in [0.1, 0.15) is 0 Å². The topological polar surface area (TPSA) is 18.5 Å². The summed E-state index contributed by atoms with van der Waals surface area (Å²) in [4.78, 5) is 1.29. The second-order valence-corrected chi connectivity index (χ2v) is 5.31. The summed E-state index contributed by atoms with van der Waals surface area (Å²) in [7, 11) is 5.29. The van der Waals surface area contributed by atoms with E-state index in [0.717, 1.165) is 12.4 Å². The van der Waals surface area contributed by atoms with Gasteiger partial charge in [0.2, 0.25) is 0 Å². The molecule has 0 spiro atoms. The Morgan fingerprint density at radius 3 is 2.60 bits per heavy atom. The van der Waals surface area contributed by atoms with Crippen LogP contribution in [0.2, 0.25) is 0 Å². The smallest absolute Gasteiger partial charge is 0.0700 e. The third-order valence-electron chi connectivity index (χ3n) is 1.64. The molecular formula is C11H16O2S2. The number of ether oxygens (including phenoxy) is 2. The zero-order chi connectivity index (χ0) is 10.8. The minimum absolute atomic E-state index is 0.677. The first-order valence-electron chi connectivity index (χ1n) is 4.84. The lowest BCUT2D eigenvalue weighted by Crippen LogP contribution is -2.03. The summed E-state index contributed by atoms with van der Waals surface area (Å²) in [6.07, 6.45) is 0. The molecule has 0 aliphatic heterocycles. The number of hydrogen-bond donors (Lipinski definition) is 0. The maximum absolute atomic E-state index is 5.35. The van der Waals surface area contributed by atoms with E-state index in [2.05, 4.69) is 24.3 Å². The van der Waals surface area contributed by atoms with Crippen molar-refractivity contribution in [1.29, 1.82) is 0 Å². The van der Waals surface area contributed by atoms with Crippen LogP contribution in [-0.2, 0) is 9.47 Å². The summed E-state index contributed by atoms with van der Waals surface area (Å²) in [5.74, 6) is 1.00. The molecule has 0 unspecified atom stereocenters. The normalized spacial score (nSPS) is 10.5. The van der Waals surface area contributed by atoms with Crippen molar-refractivity contribution in [2.75, 3.05) is 32.7 Å². The fourth-order valence-corrected chi connectivity index (χ4v) is 2.79. The zero-order valence-corrected chi connectivity index (χ0v) is 10.5. The Labute approximate surface area is 99.1 Å². The monoisotopic (exact) mass is 244 g/mol. The van der Waals surface area contributed by atoms with E-state index in [1.807, 2.05) is 16.9 Å². The molecule has 0 heterocycles. The number of methoxy groups -OCH3 is 1. The van der Waals surface area contributed by atoms with E-state index in [-0.39, 0.29) is 0 Å². The van der Waals surface area contributed by atoms with E-state index >= 15 is 0 Å². The van der Waals surface area contributed by atoms with Crippen LogP contribution in [-0.4, -0.2) is 32.7 Å². The molecule has 0 aromatic heterocycles. The summed E-state index contributed by atoms with van der Waals surface area (Å²) in [5, 5.41) is 0. The van der Waals surface area contributed by atoms with Crippen LogP contribution in [0.15, 0.2) is 35.2 Å². The third-order valence-corrected chi connectivity index (χ3v) is 3.99. The zero-order valence-electron chi connectivity index (χ0n) is 8.85. The Morgan fingerprint density at radius 2 is 1.87 bits per heavy atom. The molecule has 4 heteroatoms. The minimum atomic E-state index is 0.677. The maximum atomic E-state index is 5.35. The van der Waals surface area contributed by atoms with E-state index in [9.17, 15) is 0 Å². The molecule has 1 rings (SSSR count). The van der Waals surface area contributed by atoms with Crippen LogP contribution in [0.3, 0.4) is 0 Å². The standard InChI is InChI=1S/C11H16O2S2/c1-12-7-8-13-9-10-14-15-11-5-3-2-4-6-11/h2-6H,7-10H2,1H3. The van der Waals surface area contributed by atoms with Crippen LogP contribution in [0.25, 0.3) is 0 Å².